The average molecular weight is 320 g/mol. The van der Waals surface area contributed by atoms with Crippen molar-refractivity contribution in [3.05, 3.63) is 23.4 Å². The number of carbonyl (C=O) groups excluding carboxylic acids is 1. The first-order chi connectivity index (χ1) is 9.25. The van der Waals surface area contributed by atoms with Crippen molar-refractivity contribution < 1.29 is 9.53 Å². The number of pyridine rings is 1. The van der Waals surface area contributed by atoms with Crippen molar-refractivity contribution in [3.63, 3.8) is 0 Å². The Balaban J connectivity index is 0.00000200. The van der Waals surface area contributed by atoms with Gasteiger partial charge in [-0.05, 0) is 32.0 Å². The summed E-state index contributed by atoms with van der Waals surface area (Å²) in [7, 11) is 0. The van der Waals surface area contributed by atoms with Gasteiger partial charge >= 0.3 is 0 Å². The maximum Gasteiger partial charge on any atom is 0.223 e. The first-order valence-electron chi connectivity index (χ1n) is 6.48. The lowest BCUT2D eigenvalue weighted by atomic mass is 9.97. The molecular formula is C13H19Cl2N3O2. The third-order valence-corrected chi connectivity index (χ3v) is 3.29. The van der Waals surface area contributed by atoms with Crippen LogP contribution < -0.4 is 15.4 Å². The van der Waals surface area contributed by atoms with Crippen LogP contribution in [0.3, 0.4) is 0 Å². The first-order valence-corrected chi connectivity index (χ1v) is 6.86. The number of halogens is 2. The van der Waals surface area contributed by atoms with E-state index < -0.39 is 0 Å². The van der Waals surface area contributed by atoms with Crippen LogP contribution in [-0.2, 0) is 4.79 Å². The second-order valence-corrected chi connectivity index (χ2v) is 4.91. The molecule has 0 aromatic carbocycles. The zero-order valence-corrected chi connectivity index (χ0v) is 12.7. The van der Waals surface area contributed by atoms with E-state index in [0.717, 1.165) is 25.9 Å². The van der Waals surface area contributed by atoms with E-state index in [1.807, 2.05) is 0 Å². The summed E-state index contributed by atoms with van der Waals surface area (Å²) >= 11 is 5.72. The Morgan fingerprint density at radius 3 is 2.85 bits per heavy atom. The lowest BCUT2D eigenvalue weighted by molar-refractivity contribution is -0.125. The number of carbonyl (C=O) groups is 1. The fraction of sp³-hybridized carbons (Fsp3) is 0.538. The smallest absolute Gasteiger partial charge is 0.223 e. The molecule has 20 heavy (non-hydrogen) atoms. The molecule has 0 saturated carbocycles. The molecule has 1 aromatic rings. The summed E-state index contributed by atoms with van der Waals surface area (Å²) in [6.07, 6.45) is 3.35. The minimum Gasteiger partial charge on any atom is -0.476 e. The number of nitrogens with one attached hydrogen (secondary N) is 2. The summed E-state index contributed by atoms with van der Waals surface area (Å²) in [5.74, 6) is 0.768. The van der Waals surface area contributed by atoms with Crippen molar-refractivity contribution in [1.29, 1.82) is 0 Å². The SMILES string of the molecule is Cl.O=C(NCCOc1ccc(Cl)cn1)C1CCNCC1. The third-order valence-electron chi connectivity index (χ3n) is 3.06. The van der Waals surface area contributed by atoms with Gasteiger partial charge < -0.3 is 15.4 Å². The summed E-state index contributed by atoms with van der Waals surface area (Å²) in [6, 6.07) is 3.43. The van der Waals surface area contributed by atoms with Crippen LogP contribution in [0.5, 0.6) is 5.88 Å². The number of hydrogen-bond donors (Lipinski definition) is 2. The monoisotopic (exact) mass is 319 g/mol. The summed E-state index contributed by atoms with van der Waals surface area (Å²) in [5, 5.41) is 6.70. The van der Waals surface area contributed by atoms with E-state index in [1.165, 1.54) is 6.20 Å². The van der Waals surface area contributed by atoms with Gasteiger partial charge in [0, 0.05) is 18.2 Å². The number of amides is 1. The van der Waals surface area contributed by atoms with Crippen molar-refractivity contribution in [1.82, 2.24) is 15.6 Å². The molecule has 2 rings (SSSR count). The zero-order chi connectivity index (χ0) is 13.5. The molecule has 0 spiro atoms. The third kappa shape index (κ3) is 5.53. The summed E-state index contributed by atoms with van der Waals surface area (Å²) in [5.41, 5.74) is 0. The molecule has 1 aliphatic rings. The minimum atomic E-state index is 0. The van der Waals surface area contributed by atoms with Crippen LogP contribution in [0.15, 0.2) is 18.3 Å². The topological polar surface area (TPSA) is 63.2 Å². The maximum absolute atomic E-state index is 11.8. The van der Waals surface area contributed by atoms with Crippen LogP contribution >= 0.6 is 24.0 Å². The number of aromatic nitrogens is 1. The van der Waals surface area contributed by atoms with Crippen molar-refractivity contribution in [2.24, 2.45) is 5.92 Å². The highest BCUT2D eigenvalue weighted by Crippen LogP contribution is 2.12. The Kier molecular flexibility index (Phi) is 7.65. The number of nitrogens with zero attached hydrogens (tertiary/aromatic N) is 1. The fourth-order valence-electron chi connectivity index (χ4n) is 2.01. The Bertz CT molecular complexity index is 409. The highest BCUT2D eigenvalue weighted by atomic mass is 35.5. The van der Waals surface area contributed by atoms with E-state index in [0.29, 0.717) is 24.1 Å². The maximum atomic E-state index is 11.8. The Hall–Kier alpha value is -1.04. The summed E-state index contributed by atoms with van der Waals surface area (Å²) < 4.78 is 5.40. The van der Waals surface area contributed by atoms with Gasteiger partial charge in [-0.2, -0.15) is 0 Å². The van der Waals surface area contributed by atoms with E-state index in [2.05, 4.69) is 15.6 Å². The van der Waals surface area contributed by atoms with Gasteiger partial charge in [-0.3, -0.25) is 4.79 Å². The van der Waals surface area contributed by atoms with E-state index >= 15 is 0 Å². The average Bonchev–Trinajstić information content (AvgIpc) is 2.46. The first kappa shape index (κ1) is 17.0. The molecule has 1 aliphatic heterocycles. The van der Waals surface area contributed by atoms with E-state index in [1.54, 1.807) is 12.1 Å². The predicted octanol–water partition coefficient (Wildman–Crippen LogP) is 1.65. The molecule has 0 unspecified atom stereocenters. The standard InChI is InChI=1S/C13H18ClN3O2.ClH/c14-11-1-2-12(17-9-11)19-8-7-16-13(18)10-3-5-15-6-4-10;/h1-2,9-10,15H,3-8H2,(H,16,18);1H. The van der Waals surface area contributed by atoms with Crippen molar-refractivity contribution >= 4 is 29.9 Å². The number of hydrogen-bond acceptors (Lipinski definition) is 4. The van der Waals surface area contributed by atoms with Crippen LogP contribution in [0.1, 0.15) is 12.8 Å². The molecule has 2 N–H and O–H groups in total. The van der Waals surface area contributed by atoms with Gasteiger partial charge in [-0.1, -0.05) is 11.6 Å². The van der Waals surface area contributed by atoms with Crippen LogP contribution in [0.2, 0.25) is 5.02 Å². The molecule has 0 atom stereocenters. The molecule has 0 aliphatic carbocycles. The van der Waals surface area contributed by atoms with Gasteiger partial charge in [0.15, 0.2) is 0 Å². The Labute approximate surface area is 129 Å². The molecule has 7 heteroatoms. The van der Waals surface area contributed by atoms with Crippen molar-refractivity contribution in [3.8, 4) is 5.88 Å². The molecule has 2 heterocycles. The van der Waals surface area contributed by atoms with Gasteiger partial charge in [0.1, 0.15) is 6.61 Å². The normalized spacial score (nSPS) is 15.2. The summed E-state index contributed by atoms with van der Waals surface area (Å²) in [4.78, 5) is 15.8. The molecule has 0 bridgehead atoms. The predicted molar refractivity (Wildman–Crippen MR) is 80.6 cm³/mol. The van der Waals surface area contributed by atoms with E-state index in [-0.39, 0.29) is 24.2 Å². The number of rotatable bonds is 5. The van der Waals surface area contributed by atoms with Crippen LogP contribution in [-0.4, -0.2) is 37.1 Å². The van der Waals surface area contributed by atoms with Gasteiger partial charge in [0.2, 0.25) is 11.8 Å². The van der Waals surface area contributed by atoms with Gasteiger partial charge in [-0.25, -0.2) is 4.98 Å². The quantitative estimate of drug-likeness (QED) is 0.810. The fourth-order valence-corrected chi connectivity index (χ4v) is 2.12. The van der Waals surface area contributed by atoms with Crippen LogP contribution in [0.25, 0.3) is 0 Å². The van der Waals surface area contributed by atoms with Gasteiger partial charge in [0.25, 0.3) is 0 Å². The molecule has 1 fully saturated rings. The lowest BCUT2D eigenvalue weighted by Crippen LogP contribution is -2.39. The second-order valence-electron chi connectivity index (χ2n) is 4.48. The van der Waals surface area contributed by atoms with Gasteiger partial charge in [-0.15, -0.1) is 12.4 Å². The largest absolute Gasteiger partial charge is 0.476 e. The highest BCUT2D eigenvalue weighted by molar-refractivity contribution is 6.30. The number of ether oxygens (including phenoxy) is 1. The van der Waals surface area contributed by atoms with E-state index in [4.69, 9.17) is 16.3 Å². The molecule has 1 saturated heterocycles. The highest BCUT2D eigenvalue weighted by Gasteiger charge is 2.20. The van der Waals surface area contributed by atoms with Crippen molar-refractivity contribution in [2.75, 3.05) is 26.2 Å². The zero-order valence-electron chi connectivity index (χ0n) is 11.1. The lowest BCUT2D eigenvalue weighted by Gasteiger charge is -2.21. The number of piperidine rings is 1. The molecule has 1 aromatic heterocycles. The van der Waals surface area contributed by atoms with Gasteiger partial charge in [0.05, 0.1) is 11.6 Å². The minimum absolute atomic E-state index is 0. The summed E-state index contributed by atoms with van der Waals surface area (Å²) in [6.45, 7) is 2.74. The molecule has 5 nitrogen and oxygen atoms in total. The Morgan fingerprint density at radius 1 is 1.45 bits per heavy atom. The second kappa shape index (κ2) is 9.00. The van der Waals surface area contributed by atoms with E-state index in [9.17, 15) is 4.79 Å². The van der Waals surface area contributed by atoms with Crippen molar-refractivity contribution in [2.45, 2.75) is 12.8 Å². The Morgan fingerprint density at radius 2 is 2.20 bits per heavy atom. The molecule has 0 radical (unpaired) electrons. The molecule has 1 amide bonds. The van der Waals surface area contributed by atoms with Crippen LogP contribution in [0.4, 0.5) is 0 Å². The molecule has 112 valence electrons. The molecular weight excluding hydrogens is 301 g/mol. The van der Waals surface area contributed by atoms with Crippen LogP contribution in [0, 0.1) is 5.92 Å².